The zero-order valence-electron chi connectivity index (χ0n) is 8.47. The topological polar surface area (TPSA) is 12.0 Å². The van der Waals surface area contributed by atoms with Gasteiger partial charge in [-0.25, -0.2) is 0 Å². The van der Waals surface area contributed by atoms with Crippen molar-refractivity contribution in [2.24, 2.45) is 5.92 Å². The number of rotatable bonds is 6. The molecule has 0 fully saturated rings. The maximum Gasteiger partial charge on any atom is 0.0141 e. The van der Waals surface area contributed by atoms with Gasteiger partial charge in [0.25, 0.3) is 0 Å². The Morgan fingerprint density at radius 3 is 2.42 bits per heavy atom. The summed E-state index contributed by atoms with van der Waals surface area (Å²) in [7, 11) is 0. The van der Waals surface area contributed by atoms with Crippen LogP contribution in [0.2, 0.25) is 0 Å². The highest BCUT2D eigenvalue weighted by Gasteiger charge is 1.83. The van der Waals surface area contributed by atoms with E-state index in [1.165, 1.54) is 19.3 Å². The Morgan fingerprint density at radius 2 is 1.92 bits per heavy atom. The lowest BCUT2D eigenvalue weighted by atomic mass is 10.2. The van der Waals surface area contributed by atoms with Gasteiger partial charge in [0.2, 0.25) is 0 Å². The zero-order chi connectivity index (χ0) is 8.53. The Hall–Kier alpha value is -0.170. The van der Waals surface area contributed by atoms with Gasteiger partial charge in [0.15, 0.2) is 0 Å². The van der Waals surface area contributed by atoms with Crippen LogP contribution in [0.3, 0.4) is 0 Å². The quantitative estimate of drug-likeness (QED) is 0.635. The summed E-state index contributed by atoms with van der Waals surface area (Å²) in [5.74, 6) is 0.661. The van der Waals surface area contributed by atoms with Crippen molar-refractivity contribution in [3.63, 3.8) is 0 Å². The van der Waals surface area contributed by atoms with Crippen LogP contribution >= 0.6 is 12.4 Å². The van der Waals surface area contributed by atoms with E-state index in [-0.39, 0.29) is 12.4 Å². The average molecular weight is 192 g/mol. The number of allylic oxidation sites excluding steroid dienone is 1. The van der Waals surface area contributed by atoms with Crippen molar-refractivity contribution < 1.29 is 0 Å². The Labute approximate surface area is 83.0 Å². The minimum absolute atomic E-state index is 0. The molecule has 0 atom stereocenters. The number of hydrogen-bond acceptors (Lipinski definition) is 1. The molecule has 0 aromatic heterocycles. The lowest BCUT2D eigenvalue weighted by Crippen LogP contribution is -2.06. The van der Waals surface area contributed by atoms with Gasteiger partial charge >= 0.3 is 0 Å². The van der Waals surface area contributed by atoms with Gasteiger partial charge in [-0.3, -0.25) is 0 Å². The second-order valence-electron chi connectivity index (χ2n) is 3.26. The van der Waals surface area contributed by atoms with Crippen molar-refractivity contribution in [2.75, 3.05) is 6.54 Å². The highest BCUT2D eigenvalue weighted by atomic mass is 35.5. The average Bonchev–Trinajstić information content (AvgIpc) is 1.96. The van der Waals surface area contributed by atoms with Gasteiger partial charge in [-0.2, -0.15) is 0 Å². The first-order valence-corrected chi connectivity index (χ1v) is 4.67. The first kappa shape index (κ1) is 14.4. The molecule has 74 valence electrons. The monoisotopic (exact) mass is 191 g/mol. The minimum atomic E-state index is 0. The molecular formula is C10H22ClN. The number of hydrogen-bond donors (Lipinski definition) is 1. The van der Waals surface area contributed by atoms with Crippen LogP contribution in [-0.4, -0.2) is 6.54 Å². The zero-order valence-corrected chi connectivity index (χ0v) is 9.29. The second-order valence-corrected chi connectivity index (χ2v) is 3.26. The lowest BCUT2D eigenvalue weighted by molar-refractivity contribution is 0.679. The highest BCUT2D eigenvalue weighted by Crippen LogP contribution is 1.93. The summed E-state index contributed by atoms with van der Waals surface area (Å²) < 4.78 is 0. The van der Waals surface area contributed by atoms with Crippen LogP contribution in [0.5, 0.6) is 0 Å². The maximum atomic E-state index is 3.27. The molecule has 0 bridgehead atoms. The molecule has 1 nitrogen and oxygen atoms in total. The largest absolute Gasteiger partial charge is 0.391 e. The van der Waals surface area contributed by atoms with Gasteiger partial charge in [0.1, 0.15) is 0 Å². The van der Waals surface area contributed by atoms with Crippen LogP contribution < -0.4 is 5.32 Å². The Balaban J connectivity index is 0. The van der Waals surface area contributed by atoms with E-state index in [1.54, 1.807) is 0 Å². The molecule has 0 unspecified atom stereocenters. The van der Waals surface area contributed by atoms with Crippen LogP contribution in [0.25, 0.3) is 0 Å². The minimum Gasteiger partial charge on any atom is -0.391 e. The fraction of sp³-hybridized carbons (Fsp3) is 0.800. The summed E-state index contributed by atoms with van der Waals surface area (Å²) in [5, 5.41) is 3.27. The first-order valence-electron chi connectivity index (χ1n) is 4.67. The Morgan fingerprint density at radius 1 is 1.25 bits per heavy atom. The van der Waals surface area contributed by atoms with Crippen LogP contribution in [-0.2, 0) is 0 Å². The van der Waals surface area contributed by atoms with E-state index >= 15 is 0 Å². The van der Waals surface area contributed by atoms with Gasteiger partial charge in [-0.15, -0.1) is 12.4 Å². The third-order valence-electron chi connectivity index (χ3n) is 1.52. The van der Waals surface area contributed by atoms with Gasteiger partial charge in [0, 0.05) is 6.54 Å². The number of unbranched alkanes of at least 4 members (excludes halogenated alkanes) is 2. The third-order valence-corrected chi connectivity index (χ3v) is 1.52. The van der Waals surface area contributed by atoms with Gasteiger partial charge in [-0.05, 0) is 18.5 Å². The molecule has 0 amide bonds. The summed E-state index contributed by atoms with van der Waals surface area (Å²) in [6, 6.07) is 0. The molecule has 2 heteroatoms. The molecule has 0 aromatic rings. The molecule has 12 heavy (non-hydrogen) atoms. The standard InChI is InChI=1S/C10H21N.ClH/c1-4-5-6-8-11-9-7-10(2)3;/h7,9-11H,4-6,8H2,1-3H3;1H/b9-7+;. The molecule has 0 saturated heterocycles. The molecule has 0 heterocycles. The molecule has 0 rings (SSSR count). The molecule has 0 radical (unpaired) electrons. The Kier molecular flexibility index (Phi) is 13.0. The van der Waals surface area contributed by atoms with Crippen molar-refractivity contribution in [3.8, 4) is 0 Å². The van der Waals surface area contributed by atoms with E-state index in [1.807, 2.05) is 0 Å². The summed E-state index contributed by atoms with van der Waals surface area (Å²) in [6.07, 6.45) is 8.18. The fourth-order valence-corrected chi connectivity index (χ4v) is 0.821. The number of nitrogens with one attached hydrogen (secondary N) is 1. The van der Waals surface area contributed by atoms with Gasteiger partial charge in [0.05, 0.1) is 0 Å². The normalized spacial score (nSPS) is 10.3. The molecule has 1 N–H and O–H groups in total. The van der Waals surface area contributed by atoms with E-state index in [0.717, 1.165) is 6.54 Å². The van der Waals surface area contributed by atoms with Crippen LogP contribution in [0.4, 0.5) is 0 Å². The van der Waals surface area contributed by atoms with Crippen molar-refractivity contribution in [1.29, 1.82) is 0 Å². The molecule has 0 spiro atoms. The van der Waals surface area contributed by atoms with Crippen LogP contribution in [0.15, 0.2) is 12.3 Å². The van der Waals surface area contributed by atoms with Crippen molar-refractivity contribution >= 4 is 12.4 Å². The molecule has 0 aliphatic heterocycles. The van der Waals surface area contributed by atoms with Crippen LogP contribution in [0, 0.1) is 5.92 Å². The van der Waals surface area contributed by atoms with E-state index < -0.39 is 0 Å². The van der Waals surface area contributed by atoms with E-state index in [9.17, 15) is 0 Å². The number of halogens is 1. The summed E-state index contributed by atoms with van der Waals surface area (Å²) in [6.45, 7) is 7.72. The third kappa shape index (κ3) is 12.5. The fourth-order valence-electron chi connectivity index (χ4n) is 0.821. The summed E-state index contributed by atoms with van der Waals surface area (Å²) in [5.41, 5.74) is 0. The molecule has 0 aliphatic rings. The van der Waals surface area contributed by atoms with Crippen LogP contribution in [0.1, 0.15) is 40.0 Å². The second kappa shape index (κ2) is 10.8. The van der Waals surface area contributed by atoms with Crippen molar-refractivity contribution in [1.82, 2.24) is 5.32 Å². The van der Waals surface area contributed by atoms with E-state index in [2.05, 4.69) is 38.4 Å². The predicted molar refractivity (Wildman–Crippen MR) is 58.8 cm³/mol. The van der Waals surface area contributed by atoms with Crippen molar-refractivity contribution in [3.05, 3.63) is 12.3 Å². The first-order chi connectivity index (χ1) is 5.27. The maximum absolute atomic E-state index is 3.27. The van der Waals surface area contributed by atoms with Gasteiger partial charge in [-0.1, -0.05) is 39.7 Å². The SMILES string of the molecule is CCCCCN/C=C/C(C)C.Cl. The lowest BCUT2D eigenvalue weighted by Gasteiger charge is -1.99. The van der Waals surface area contributed by atoms with E-state index in [4.69, 9.17) is 0 Å². The molecular weight excluding hydrogens is 170 g/mol. The predicted octanol–water partition coefficient (Wildman–Crippen LogP) is 3.36. The summed E-state index contributed by atoms with van der Waals surface area (Å²) in [4.78, 5) is 0. The van der Waals surface area contributed by atoms with Crippen molar-refractivity contribution in [2.45, 2.75) is 40.0 Å². The molecule has 0 saturated carbocycles. The molecule has 0 aliphatic carbocycles. The molecule has 0 aromatic carbocycles. The smallest absolute Gasteiger partial charge is 0.0141 e. The van der Waals surface area contributed by atoms with Gasteiger partial charge < -0.3 is 5.32 Å². The summed E-state index contributed by atoms with van der Waals surface area (Å²) >= 11 is 0. The highest BCUT2D eigenvalue weighted by molar-refractivity contribution is 5.85. The Bertz CT molecular complexity index is 100. The van der Waals surface area contributed by atoms with E-state index in [0.29, 0.717) is 5.92 Å².